The van der Waals surface area contributed by atoms with Crippen LogP contribution in [0.25, 0.3) is 10.2 Å². The molecule has 2 heterocycles. The molecule has 0 saturated heterocycles. The molecule has 1 aliphatic rings. The Morgan fingerprint density at radius 2 is 2.24 bits per heavy atom. The van der Waals surface area contributed by atoms with Crippen LogP contribution in [0, 0.1) is 23.0 Å². The Morgan fingerprint density at radius 3 is 3.00 bits per heavy atom. The molecule has 0 spiro atoms. The number of fused-ring (bicyclic) bond motifs is 3. The molecule has 4 rings (SSSR count). The van der Waals surface area contributed by atoms with Crippen LogP contribution in [0.4, 0.5) is 11.4 Å². The van der Waals surface area contributed by atoms with Gasteiger partial charge in [-0.1, -0.05) is 13.0 Å². The third-order valence-corrected chi connectivity index (χ3v) is 6.38. The summed E-state index contributed by atoms with van der Waals surface area (Å²) in [5.74, 6) is 0.0757. The van der Waals surface area contributed by atoms with Gasteiger partial charge in [0.1, 0.15) is 17.1 Å². The van der Waals surface area contributed by atoms with E-state index in [1.165, 1.54) is 27.9 Å². The summed E-state index contributed by atoms with van der Waals surface area (Å²) in [5.41, 5.74) is 1.46. The summed E-state index contributed by atoms with van der Waals surface area (Å²) in [7, 11) is 0. The Bertz CT molecular complexity index is 1200. The number of rotatable bonds is 4. The maximum absolute atomic E-state index is 13.0. The van der Waals surface area contributed by atoms with Crippen LogP contribution in [-0.2, 0) is 24.2 Å². The van der Waals surface area contributed by atoms with Crippen molar-refractivity contribution in [1.29, 1.82) is 0 Å². The first-order valence-corrected chi connectivity index (χ1v) is 10.2. The Kier molecular flexibility index (Phi) is 4.91. The highest BCUT2D eigenvalue weighted by Gasteiger charge is 2.24. The van der Waals surface area contributed by atoms with E-state index in [4.69, 9.17) is 0 Å². The lowest BCUT2D eigenvalue weighted by Crippen LogP contribution is -2.28. The minimum Gasteiger partial charge on any atom is -0.319 e. The third kappa shape index (κ3) is 3.65. The Labute approximate surface area is 170 Å². The second kappa shape index (κ2) is 7.40. The fraction of sp³-hybridized carbons (Fsp3) is 0.350. The number of nitrogens with zero attached hydrogens (tertiary/aromatic N) is 3. The summed E-state index contributed by atoms with van der Waals surface area (Å²) < 4.78 is 1.27. The quantitative estimate of drug-likeness (QED) is 0.522. The maximum Gasteiger partial charge on any atom is 0.293 e. The van der Waals surface area contributed by atoms with E-state index < -0.39 is 10.8 Å². The fourth-order valence-corrected chi connectivity index (χ4v) is 5.06. The van der Waals surface area contributed by atoms with Gasteiger partial charge in [0.15, 0.2) is 0 Å². The summed E-state index contributed by atoms with van der Waals surface area (Å²) in [6.07, 6.45) is 4.20. The van der Waals surface area contributed by atoms with Gasteiger partial charge in [-0.3, -0.25) is 24.3 Å². The molecule has 0 aliphatic heterocycles. The predicted octanol–water partition coefficient (Wildman–Crippen LogP) is 3.44. The van der Waals surface area contributed by atoms with Gasteiger partial charge in [-0.25, -0.2) is 4.98 Å². The molecule has 1 N–H and O–H groups in total. The molecule has 0 fully saturated rings. The maximum atomic E-state index is 13.0. The van der Waals surface area contributed by atoms with E-state index in [0.29, 0.717) is 16.1 Å². The average Bonchev–Trinajstić information content (AvgIpc) is 3.03. The molecule has 2 aromatic heterocycles. The number of nitro benzene ring substituents is 1. The van der Waals surface area contributed by atoms with E-state index in [-0.39, 0.29) is 23.5 Å². The molecule has 9 heteroatoms. The molecule has 0 radical (unpaired) electrons. The van der Waals surface area contributed by atoms with Gasteiger partial charge >= 0.3 is 0 Å². The number of benzene rings is 1. The van der Waals surface area contributed by atoms with Gasteiger partial charge in [-0.05, 0) is 49.3 Å². The Morgan fingerprint density at radius 1 is 1.45 bits per heavy atom. The summed E-state index contributed by atoms with van der Waals surface area (Å²) in [6, 6.07) is 4.57. The van der Waals surface area contributed by atoms with Crippen LogP contribution in [0.15, 0.2) is 29.3 Å². The van der Waals surface area contributed by atoms with Gasteiger partial charge in [0.25, 0.3) is 11.2 Å². The second-order valence-electron chi connectivity index (χ2n) is 7.54. The molecule has 0 bridgehead atoms. The predicted molar refractivity (Wildman–Crippen MR) is 112 cm³/mol. The first-order valence-electron chi connectivity index (χ1n) is 9.38. The molecule has 1 atom stereocenters. The molecular weight excluding hydrogens is 392 g/mol. The van der Waals surface area contributed by atoms with E-state index >= 15 is 0 Å². The highest BCUT2D eigenvalue weighted by Crippen LogP contribution is 2.35. The number of aromatic nitrogens is 2. The normalized spacial score (nSPS) is 15.9. The molecule has 1 amide bonds. The van der Waals surface area contributed by atoms with Crippen molar-refractivity contribution in [2.45, 2.75) is 39.7 Å². The largest absolute Gasteiger partial charge is 0.319 e. The number of nitro groups is 1. The van der Waals surface area contributed by atoms with E-state index in [1.807, 2.05) is 0 Å². The molecule has 8 nitrogen and oxygen atoms in total. The zero-order valence-electron chi connectivity index (χ0n) is 16.1. The lowest BCUT2D eigenvalue weighted by atomic mass is 9.89. The zero-order chi connectivity index (χ0) is 20.7. The fourth-order valence-electron chi connectivity index (χ4n) is 3.72. The van der Waals surface area contributed by atoms with Crippen LogP contribution in [0.2, 0.25) is 0 Å². The molecule has 3 aromatic rings. The van der Waals surface area contributed by atoms with Crippen molar-refractivity contribution in [1.82, 2.24) is 9.55 Å². The van der Waals surface area contributed by atoms with Gasteiger partial charge in [-0.2, -0.15) is 0 Å². The van der Waals surface area contributed by atoms with Crippen LogP contribution in [0.5, 0.6) is 0 Å². The smallest absolute Gasteiger partial charge is 0.293 e. The van der Waals surface area contributed by atoms with Crippen LogP contribution in [0.3, 0.4) is 0 Å². The molecule has 1 aliphatic carbocycles. The van der Waals surface area contributed by atoms with Crippen molar-refractivity contribution in [2.24, 2.45) is 5.92 Å². The Balaban J connectivity index is 1.62. The van der Waals surface area contributed by atoms with E-state index in [2.05, 4.69) is 17.2 Å². The number of carbonyl (C=O) groups excluding carboxylic acids is 1. The summed E-state index contributed by atoms with van der Waals surface area (Å²) >= 11 is 1.55. The number of hydrogen-bond donors (Lipinski definition) is 1. The summed E-state index contributed by atoms with van der Waals surface area (Å²) in [6.45, 7) is 3.68. The van der Waals surface area contributed by atoms with Crippen molar-refractivity contribution in [3.8, 4) is 0 Å². The monoisotopic (exact) mass is 412 g/mol. The molecule has 1 aromatic carbocycles. The standard InChI is InChI=1S/C20H20N4O4S/c1-11-4-6-14(15(7-11)24(27)28)22-17(25)9-23-10-21-19-18(20(23)26)13-5-3-12(2)8-16(13)29-19/h4,6-7,10,12H,3,5,8-9H2,1-2H3,(H,22,25). The lowest BCUT2D eigenvalue weighted by Gasteiger charge is -2.17. The second-order valence-corrected chi connectivity index (χ2v) is 8.62. The molecule has 1 unspecified atom stereocenters. The topological polar surface area (TPSA) is 107 Å². The zero-order valence-corrected chi connectivity index (χ0v) is 16.9. The van der Waals surface area contributed by atoms with Gasteiger partial charge in [0.05, 0.1) is 16.6 Å². The van der Waals surface area contributed by atoms with Crippen molar-refractivity contribution < 1.29 is 9.72 Å². The van der Waals surface area contributed by atoms with Crippen LogP contribution in [-0.4, -0.2) is 20.4 Å². The van der Waals surface area contributed by atoms with Crippen LogP contribution < -0.4 is 10.9 Å². The van der Waals surface area contributed by atoms with Gasteiger partial charge in [-0.15, -0.1) is 11.3 Å². The van der Waals surface area contributed by atoms with Crippen molar-refractivity contribution in [3.63, 3.8) is 0 Å². The number of thiophene rings is 1. The molecule has 29 heavy (non-hydrogen) atoms. The minimum atomic E-state index is -0.541. The van der Waals surface area contributed by atoms with Gasteiger partial charge in [0, 0.05) is 10.9 Å². The number of hydrogen-bond acceptors (Lipinski definition) is 6. The third-order valence-electron chi connectivity index (χ3n) is 5.22. The molecular formula is C20H20N4O4S. The highest BCUT2D eigenvalue weighted by atomic mass is 32.1. The van der Waals surface area contributed by atoms with Crippen LogP contribution >= 0.6 is 11.3 Å². The van der Waals surface area contributed by atoms with Crippen LogP contribution in [0.1, 0.15) is 29.3 Å². The first kappa shape index (κ1) is 19.3. The number of aryl methyl sites for hydroxylation is 2. The van der Waals surface area contributed by atoms with Gasteiger partial charge in [0.2, 0.25) is 5.91 Å². The molecule has 0 saturated carbocycles. The Hall–Kier alpha value is -3.07. The SMILES string of the molecule is Cc1ccc(NC(=O)Cn2cnc3sc4c(c3c2=O)CCC(C)C4)c([N+](=O)[O-])c1. The minimum absolute atomic E-state index is 0.106. The summed E-state index contributed by atoms with van der Waals surface area (Å²) in [5, 5.41) is 14.4. The van der Waals surface area contributed by atoms with Crippen molar-refractivity contribution in [3.05, 3.63) is 61.0 Å². The van der Waals surface area contributed by atoms with E-state index in [1.54, 1.807) is 24.3 Å². The van der Waals surface area contributed by atoms with E-state index in [9.17, 15) is 19.7 Å². The summed E-state index contributed by atoms with van der Waals surface area (Å²) in [4.78, 5) is 42.5. The first-order chi connectivity index (χ1) is 13.8. The number of amides is 1. The highest BCUT2D eigenvalue weighted by molar-refractivity contribution is 7.18. The number of carbonyl (C=O) groups is 1. The van der Waals surface area contributed by atoms with Crippen molar-refractivity contribution >= 4 is 38.8 Å². The van der Waals surface area contributed by atoms with E-state index in [0.717, 1.165) is 30.4 Å². The lowest BCUT2D eigenvalue weighted by molar-refractivity contribution is -0.384. The number of nitrogens with one attached hydrogen (secondary N) is 1. The average molecular weight is 412 g/mol. The van der Waals surface area contributed by atoms with Crippen molar-refractivity contribution in [2.75, 3.05) is 5.32 Å². The number of anilines is 1. The molecule has 150 valence electrons. The van der Waals surface area contributed by atoms with Gasteiger partial charge < -0.3 is 5.32 Å².